The van der Waals surface area contributed by atoms with E-state index in [0.29, 0.717) is 28.6 Å². The Morgan fingerprint density at radius 3 is 2.37 bits per heavy atom. The fourth-order valence-corrected chi connectivity index (χ4v) is 4.50. The summed E-state index contributed by atoms with van der Waals surface area (Å²) in [7, 11) is 3.13. The van der Waals surface area contributed by atoms with Crippen LogP contribution < -0.4 is 14.8 Å². The van der Waals surface area contributed by atoms with Crippen molar-refractivity contribution in [2.75, 3.05) is 27.3 Å². The number of methoxy groups -OCH3 is 2. The number of likely N-dealkylation sites (tertiary alicyclic amines) is 1. The van der Waals surface area contributed by atoms with Crippen LogP contribution in [0.25, 0.3) is 0 Å². The molecule has 1 saturated heterocycles. The van der Waals surface area contributed by atoms with E-state index in [1.807, 2.05) is 12.1 Å². The molecule has 0 aliphatic carbocycles. The van der Waals surface area contributed by atoms with Gasteiger partial charge in [-0.2, -0.15) is 0 Å². The SMILES string of the molecule is COc1ccc(C2CN(C(=O)c3ccc(Cl)cc3)CC2C(=O)NCc2ccc(F)cc2)c(OC)c1. The maximum absolute atomic E-state index is 13.3. The molecule has 4 rings (SSSR count). The molecule has 1 N–H and O–H groups in total. The molecule has 0 aromatic heterocycles. The van der Waals surface area contributed by atoms with Crippen LogP contribution >= 0.6 is 11.6 Å². The van der Waals surface area contributed by atoms with Gasteiger partial charge in [-0.25, -0.2) is 4.39 Å². The Kier molecular flexibility index (Phi) is 7.56. The predicted octanol–water partition coefficient (Wildman–Crippen LogP) is 4.67. The van der Waals surface area contributed by atoms with Gasteiger partial charge < -0.3 is 19.7 Å². The van der Waals surface area contributed by atoms with Crippen LogP contribution in [0.2, 0.25) is 5.02 Å². The number of nitrogens with zero attached hydrogens (tertiary/aromatic N) is 1. The lowest BCUT2D eigenvalue weighted by atomic mass is 9.87. The third-order valence-electron chi connectivity index (χ3n) is 6.26. The van der Waals surface area contributed by atoms with E-state index in [9.17, 15) is 14.0 Å². The molecule has 2 atom stereocenters. The molecule has 182 valence electrons. The average Bonchev–Trinajstić information content (AvgIpc) is 3.33. The zero-order valence-electron chi connectivity index (χ0n) is 19.5. The maximum Gasteiger partial charge on any atom is 0.253 e. The molecular weight excluding hydrogens is 471 g/mol. The molecule has 3 aromatic rings. The molecule has 1 aliphatic rings. The lowest BCUT2D eigenvalue weighted by Gasteiger charge is -2.21. The van der Waals surface area contributed by atoms with Crippen molar-refractivity contribution in [1.82, 2.24) is 10.2 Å². The molecule has 3 aromatic carbocycles. The highest BCUT2D eigenvalue weighted by Crippen LogP contribution is 2.39. The second kappa shape index (κ2) is 10.8. The second-order valence-corrected chi connectivity index (χ2v) is 8.82. The van der Waals surface area contributed by atoms with Gasteiger partial charge in [0.2, 0.25) is 5.91 Å². The van der Waals surface area contributed by atoms with Gasteiger partial charge in [-0.15, -0.1) is 0 Å². The van der Waals surface area contributed by atoms with E-state index >= 15 is 0 Å². The van der Waals surface area contributed by atoms with Crippen molar-refractivity contribution in [3.05, 3.63) is 94.3 Å². The lowest BCUT2D eigenvalue weighted by Crippen LogP contribution is -2.35. The third-order valence-corrected chi connectivity index (χ3v) is 6.51. The van der Waals surface area contributed by atoms with E-state index < -0.39 is 5.92 Å². The van der Waals surface area contributed by atoms with Crippen LogP contribution in [0.15, 0.2) is 66.7 Å². The predicted molar refractivity (Wildman–Crippen MR) is 131 cm³/mol. The van der Waals surface area contributed by atoms with Gasteiger partial charge in [0.15, 0.2) is 0 Å². The molecule has 6 nitrogen and oxygen atoms in total. The topological polar surface area (TPSA) is 67.9 Å². The molecule has 0 radical (unpaired) electrons. The highest BCUT2D eigenvalue weighted by atomic mass is 35.5. The Morgan fingerprint density at radius 2 is 1.71 bits per heavy atom. The Labute approximate surface area is 208 Å². The summed E-state index contributed by atoms with van der Waals surface area (Å²) in [6.45, 7) is 0.850. The number of halogens is 2. The Balaban J connectivity index is 1.60. The molecule has 0 saturated carbocycles. The lowest BCUT2D eigenvalue weighted by molar-refractivity contribution is -0.125. The van der Waals surface area contributed by atoms with Crippen molar-refractivity contribution < 1.29 is 23.5 Å². The Bertz CT molecular complexity index is 1200. The minimum Gasteiger partial charge on any atom is -0.497 e. The van der Waals surface area contributed by atoms with Crippen molar-refractivity contribution in [3.63, 3.8) is 0 Å². The van der Waals surface area contributed by atoms with Crippen LogP contribution in [-0.2, 0) is 11.3 Å². The number of carbonyl (C=O) groups is 2. The molecule has 2 unspecified atom stereocenters. The highest BCUT2D eigenvalue weighted by Gasteiger charge is 2.41. The number of ether oxygens (including phenoxy) is 2. The van der Waals surface area contributed by atoms with Gasteiger partial charge in [0, 0.05) is 47.8 Å². The number of carbonyl (C=O) groups excluding carboxylic acids is 2. The molecular formula is C27H26ClFN2O4. The van der Waals surface area contributed by atoms with E-state index in [2.05, 4.69) is 5.32 Å². The normalized spacial score (nSPS) is 17.2. The first-order valence-electron chi connectivity index (χ1n) is 11.2. The van der Waals surface area contributed by atoms with Gasteiger partial charge in [-0.1, -0.05) is 29.8 Å². The third kappa shape index (κ3) is 5.57. The number of benzene rings is 3. The first-order valence-corrected chi connectivity index (χ1v) is 11.6. The van der Waals surface area contributed by atoms with Crippen LogP contribution in [0, 0.1) is 11.7 Å². The van der Waals surface area contributed by atoms with Crippen molar-refractivity contribution in [2.45, 2.75) is 12.5 Å². The molecule has 8 heteroatoms. The van der Waals surface area contributed by atoms with E-state index in [1.54, 1.807) is 61.6 Å². The van der Waals surface area contributed by atoms with Gasteiger partial charge in [0.05, 0.1) is 20.1 Å². The van der Waals surface area contributed by atoms with Gasteiger partial charge in [0.1, 0.15) is 17.3 Å². The zero-order chi connectivity index (χ0) is 24.9. The maximum atomic E-state index is 13.3. The summed E-state index contributed by atoms with van der Waals surface area (Å²) in [6, 6.07) is 18.1. The number of amides is 2. The van der Waals surface area contributed by atoms with Crippen LogP contribution in [0.4, 0.5) is 4.39 Å². The van der Waals surface area contributed by atoms with Crippen molar-refractivity contribution >= 4 is 23.4 Å². The van der Waals surface area contributed by atoms with Gasteiger partial charge in [-0.05, 0) is 48.0 Å². The molecule has 1 fully saturated rings. The summed E-state index contributed by atoms with van der Waals surface area (Å²) in [4.78, 5) is 28.2. The first kappa shape index (κ1) is 24.5. The largest absolute Gasteiger partial charge is 0.497 e. The zero-order valence-corrected chi connectivity index (χ0v) is 20.2. The number of hydrogen-bond acceptors (Lipinski definition) is 4. The summed E-state index contributed by atoms with van der Waals surface area (Å²) >= 11 is 5.97. The number of nitrogens with one attached hydrogen (secondary N) is 1. The van der Waals surface area contributed by atoms with Crippen molar-refractivity contribution in [1.29, 1.82) is 0 Å². The Morgan fingerprint density at radius 1 is 1.00 bits per heavy atom. The van der Waals surface area contributed by atoms with Gasteiger partial charge >= 0.3 is 0 Å². The highest BCUT2D eigenvalue weighted by molar-refractivity contribution is 6.30. The van der Waals surface area contributed by atoms with Crippen molar-refractivity contribution in [3.8, 4) is 11.5 Å². The number of hydrogen-bond donors (Lipinski definition) is 1. The van der Waals surface area contributed by atoms with Crippen LogP contribution in [-0.4, -0.2) is 44.0 Å². The molecule has 35 heavy (non-hydrogen) atoms. The van der Waals surface area contributed by atoms with Crippen LogP contribution in [0.5, 0.6) is 11.5 Å². The van der Waals surface area contributed by atoms with Crippen molar-refractivity contribution in [2.24, 2.45) is 5.92 Å². The molecule has 2 amide bonds. The summed E-state index contributed by atoms with van der Waals surface area (Å²) in [5, 5.41) is 3.49. The second-order valence-electron chi connectivity index (χ2n) is 8.38. The summed E-state index contributed by atoms with van der Waals surface area (Å²) in [5.74, 6) is -0.272. The fraction of sp³-hybridized carbons (Fsp3) is 0.259. The average molecular weight is 497 g/mol. The number of rotatable bonds is 7. The Hall–Kier alpha value is -3.58. The quantitative estimate of drug-likeness (QED) is 0.516. The monoisotopic (exact) mass is 496 g/mol. The van der Waals surface area contributed by atoms with E-state index in [4.69, 9.17) is 21.1 Å². The minimum absolute atomic E-state index is 0.173. The summed E-state index contributed by atoms with van der Waals surface area (Å²) in [6.07, 6.45) is 0. The minimum atomic E-state index is -0.506. The summed E-state index contributed by atoms with van der Waals surface area (Å²) in [5.41, 5.74) is 2.11. The molecule has 0 bridgehead atoms. The summed E-state index contributed by atoms with van der Waals surface area (Å²) < 4.78 is 24.1. The van der Waals surface area contributed by atoms with Gasteiger partial charge in [-0.3, -0.25) is 9.59 Å². The van der Waals surface area contributed by atoms with Crippen LogP contribution in [0.1, 0.15) is 27.4 Å². The molecule has 1 heterocycles. The fourth-order valence-electron chi connectivity index (χ4n) is 4.37. The van der Waals surface area contributed by atoms with Gasteiger partial charge in [0.25, 0.3) is 5.91 Å². The smallest absolute Gasteiger partial charge is 0.253 e. The van der Waals surface area contributed by atoms with E-state index in [-0.39, 0.29) is 36.6 Å². The molecule has 1 aliphatic heterocycles. The van der Waals surface area contributed by atoms with E-state index in [0.717, 1.165) is 11.1 Å². The first-order chi connectivity index (χ1) is 16.9. The molecule has 0 spiro atoms. The standard InChI is InChI=1S/C27H26ClFN2O4/c1-34-21-11-12-22(25(13-21)35-2)23-15-31(27(33)18-5-7-19(28)8-6-18)16-24(23)26(32)30-14-17-3-9-20(29)10-4-17/h3-13,23-24H,14-16H2,1-2H3,(H,30,32). The van der Waals surface area contributed by atoms with E-state index in [1.165, 1.54) is 12.1 Å². The van der Waals surface area contributed by atoms with Crippen LogP contribution in [0.3, 0.4) is 0 Å².